The van der Waals surface area contributed by atoms with Gasteiger partial charge in [-0.05, 0) is 51.2 Å². The Morgan fingerprint density at radius 3 is 2.56 bits per heavy atom. The number of nitrogens with one attached hydrogen (secondary N) is 2. The van der Waals surface area contributed by atoms with Gasteiger partial charge in [0, 0.05) is 24.3 Å². The molecule has 0 heterocycles. The van der Waals surface area contributed by atoms with Gasteiger partial charge in [0.25, 0.3) is 0 Å². The number of benzene rings is 1. The molecular formula is C19H31N3O2S. The molecule has 0 aromatic heterocycles. The minimum Gasteiger partial charge on any atom is -0.357 e. The molecule has 140 valence electrons. The van der Waals surface area contributed by atoms with Crippen LogP contribution in [0.4, 0.5) is 0 Å². The summed E-state index contributed by atoms with van der Waals surface area (Å²) in [6.07, 6.45) is 4.19. The number of hydrogen-bond acceptors (Lipinski definition) is 3. The van der Waals surface area contributed by atoms with Crippen molar-refractivity contribution < 1.29 is 8.42 Å². The minimum atomic E-state index is -2.93. The van der Waals surface area contributed by atoms with Gasteiger partial charge in [0.2, 0.25) is 0 Å². The highest BCUT2D eigenvalue weighted by Gasteiger charge is 2.44. The highest BCUT2D eigenvalue weighted by molar-refractivity contribution is 7.90. The van der Waals surface area contributed by atoms with Crippen molar-refractivity contribution in [3.63, 3.8) is 0 Å². The third-order valence-corrected chi connectivity index (χ3v) is 5.74. The molecule has 2 rings (SSSR count). The maximum Gasteiger partial charge on any atom is 0.191 e. The molecule has 5 nitrogen and oxygen atoms in total. The van der Waals surface area contributed by atoms with Gasteiger partial charge in [0.05, 0.1) is 12.3 Å². The van der Waals surface area contributed by atoms with Crippen molar-refractivity contribution in [3.05, 3.63) is 35.4 Å². The van der Waals surface area contributed by atoms with Gasteiger partial charge in [0.1, 0.15) is 9.84 Å². The maximum absolute atomic E-state index is 11.3. The molecule has 0 spiro atoms. The Labute approximate surface area is 152 Å². The van der Waals surface area contributed by atoms with E-state index in [0.717, 1.165) is 19.0 Å². The van der Waals surface area contributed by atoms with E-state index in [9.17, 15) is 8.42 Å². The van der Waals surface area contributed by atoms with Gasteiger partial charge in [-0.1, -0.05) is 24.3 Å². The average molecular weight is 366 g/mol. The molecule has 1 aliphatic rings. The van der Waals surface area contributed by atoms with E-state index in [2.05, 4.69) is 41.8 Å². The highest BCUT2D eigenvalue weighted by atomic mass is 32.2. The van der Waals surface area contributed by atoms with Crippen molar-refractivity contribution in [2.75, 3.05) is 25.1 Å². The summed E-state index contributed by atoms with van der Waals surface area (Å²) in [4.78, 5) is 4.79. The number of guanidine groups is 1. The van der Waals surface area contributed by atoms with Gasteiger partial charge in [-0.25, -0.2) is 8.42 Å². The summed E-state index contributed by atoms with van der Waals surface area (Å²) in [5.41, 5.74) is 2.90. The van der Waals surface area contributed by atoms with Crippen molar-refractivity contribution in [1.29, 1.82) is 0 Å². The molecule has 6 heteroatoms. The van der Waals surface area contributed by atoms with E-state index < -0.39 is 9.84 Å². The fourth-order valence-corrected chi connectivity index (χ4v) is 3.86. The number of rotatable bonds is 8. The van der Waals surface area contributed by atoms with Crippen LogP contribution < -0.4 is 10.6 Å². The SMILES string of the molecule is CCNC(=NCC1(c2ccccc2C)CC1)NC(C)CCS(C)(=O)=O. The molecule has 1 atom stereocenters. The predicted molar refractivity (Wildman–Crippen MR) is 105 cm³/mol. The van der Waals surface area contributed by atoms with E-state index in [-0.39, 0.29) is 17.2 Å². The molecule has 0 aliphatic heterocycles. The van der Waals surface area contributed by atoms with Crippen LogP contribution in [0.5, 0.6) is 0 Å². The third-order valence-electron chi connectivity index (χ3n) is 4.76. The number of sulfone groups is 1. The van der Waals surface area contributed by atoms with E-state index in [1.54, 1.807) is 0 Å². The van der Waals surface area contributed by atoms with Gasteiger partial charge in [0.15, 0.2) is 5.96 Å². The Hall–Kier alpha value is -1.56. The van der Waals surface area contributed by atoms with Crippen molar-refractivity contribution in [2.24, 2.45) is 4.99 Å². The fourth-order valence-electron chi connectivity index (χ4n) is 3.08. The van der Waals surface area contributed by atoms with Crippen LogP contribution >= 0.6 is 0 Å². The van der Waals surface area contributed by atoms with Gasteiger partial charge < -0.3 is 10.6 Å². The lowest BCUT2D eigenvalue weighted by Gasteiger charge is -2.20. The Morgan fingerprint density at radius 1 is 1.32 bits per heavy atom. The van der Waals surface area contributed by atoms with Gasteiger partial charge in [-0.2, -0.15) is 0 Å². The summed E-state index contributed by atoms with van der Waals surface area (Å²) >= 11 is 0. The minimum absolute atomic E-state index is 0.0566. The highest BCUT2D eigenvalue weighted by Crippen LogP contribution is 2.49. The molecule has 2 N–H and O–H groups in total. The molecule has 0 radical (unpaired) electrons. The van der Waals surface area contributed by atoms with E-state index >= 15 is 0 Å². The van der Waals surface area contributed by atoms with Crippen molar-refractivity contribution in [2.45, 2.75) is 51.5 Å². The number of nitrogens with zero attached hydrogens (tertiary/aromatic N) is 1. The lowest BCUT2D eigenvalue weighted by Crippen LogP contribution is -2.43. The van der Waals surface area contributed by atoms with Crippen LogP contribution in [0.2, 0.25) is 0 Å². The van der Waals surface area contributed by atoms with Crippen LogP contribution in [0, 0.1) is 6.92 Å². The first-order valence-electron chi connectivity index (χ1n) is 9.04. The summed E-state index contributed by atoms with van der Waals surface area (Å²) in [7, 11) is -2.93. The summed E-state index contributed by atoms with van der Waals surface area (Å²) in [5.74, 6) is 0.955. The van der Waals surface area contributed by atoms with Crippen LogP contribution in [-0.2, 0) is 15.3 Å². The predicted octanol–water partition coefficient (Wildman–Crippen LogP) is 2.40. The monoisotopic (exact) mass is 365 g/mol. The van der Waals surface area contributed by atoms with Crippen LogP contribution in [0.1, 0.15) is 44.2 Å². The van der Waals surface area contributed by atoms with Crippen molar-refractivity contribution in [1.82, 2.24) is 10.6 Å². The molecular weight excluding hydrogens is 334 g/mol. The molecule has 1 aromatic rings. The molecule has 0 saturated heterocycles. The van der Waals surface area contributed by atoms with E-state index in [4.69, 9.17) is 4.99 Å². The smallest absolute Gasteiger partial charge is 0.191 e. The van der Waals surface area contributed by atoms with Crippen LogP contribution in [0.25, 0.3) is 0 Å². The number of aryl methyl sites for hydroxylation is 1. The first-order chi connectivity index (χ1) is 11.8. The second-order valence-electron chi connectivity index (χ2n) is 7.25. The van der Waals surface area contributed by atoms with Gasteiger partial charge in [-0.3, -0.25) is 4.99 Å². The zero-order chi connectivity index (χ0) is 18.5. The normalized spacial score (nSPS) is 17.8. The molecule has 25 heavy (non-hydrogen) atoms. The first kappa shape index (κ1) is 19.8. The second kappa shape index (κ2) is 8.21. The quantitative estimate of drug-likeness (QED) is 0.548. The molecule has 1 aliphatic carbocycles. The number of hydrogen-bond donors (Lipinski definition) is 2. The average Bonchev–Trinajstić information content (AvgIpc) is 3.32. The van der Waals surface area contributed by atoms with Crippen LogP contribution in [0.3, 0.4) is 0 Å². The molecule has 1 fully saturated rings. The molecule has 0 bridgehead atoms. The van der Waals surface area contributed by atoms with Crippen molar-refractivity contribution >= 4 is 15.8 Å². The Bertz CT molecular complexity index is 709. The summed E-state index contributed by atoms with van der Waals surface area (Å²) in [6, 6.07) is 8.61. The van der Waals surface area contributed by atoms with Crippen LogP contribution in [-0.4, -0.2) is 45.5 Å². The van der Waals surface area contributed by atoms with Crippen LogP contribution in [0.15, 0.2) is 29.3 Å². The molecule has 1 aromatic carbocycles. The Morgan fingerprint density at radius 2 is 2.00 bits per heavy atom. The Balaban J connectivity index is 2.01. The first-order valence-corrected chi connectivity index (χ1v) is 11.1. The van der Waals surface area contributed by atoms with Gasteiger partial charge >= 0.3 is 0 Å². The molecule has 1 unspecified atom stereocenters. The second-order valence-corrected chi connectivity index (χ2v) is 9.51. The standard InChI is InChI=1S/C19H31N3O2S/c1-5-20-18(22-16(3)10-13-25(4,23)24)21-14-19(11-12-19)17-9-7-6-8-15(17)2/h6-9,16H,5,10-14H2,1-4H3,(H2,20,21,22). The maximum atomic E-state index is 11.3. The lowest BCUT2D eigenvalue weighted by atomic mass is 9.92. The lowest BCUT2D eigenvalue weighted by molar-refractivity contribution is 0.580. The molecule has 1 saturated carbocycles. The largest absolute Gasteiger partial charge is 0.357 e. The third kappa shape index (κ3) is 6.03. The van der Waals surface area contributed by atoms with E-state index in [1.165, 1.54) is 30.2 Å². The fraction of sp³-hybridized carbons (Fsp3) is 0.632. The zero-order valence-corrected chi connectivity index (χ0v) is 16.6. The van der Waals surface area contributed by atoms with E-state index in [1.807, 2.05) is 13.8 Å². The number of aliphatic imine (C=N–C) groups is 1. The van der Waals surface area contributed by atoms with E-state index in [0.29, 0.717) is 6.42 Å². The van der Waals surface area contributed by atoms with Crippen molar-refractivity contribution in [3.8, 4) is 0 Å². The zero-order valence-electron chi connectivity index (χ0n) is 15.8. The summed E-state index contributed by atoms with van der Waals surface area (Å²) in [5, 5.41) is 6.60. The summed E-state index contributed by atoms with van der Waals surface area (Å²) < 4.78 is 22.7. The summed E-state index contributed by atoms with van der Waals surface area (Å²) in [6.45, 7) is 7.72. The van der Waals surface area contributed by atoms with Gasteiger partial charge in [-0.15, -0.1) is 0 Å². The molecule has 0 amide bonds. The Kier molecular flexibility index (Phi) is 6.49. The topological polar surface area (TPSA) is 70.6 Å².